The minimum absolute atomic E-state index is 0.113. The Hall–Kier alpha value is -5.23. The monoisotopic (exact) mass is 1090 g/mol. The predicted octanol–water partition coefficient (Wildman–Crippen LogP) is 21.9. The molecule has 0 rings (SSSR count). The van der Waals surface area contributed by atoms with Crippen LogP contribution in [0.3, 0.4) is 0 Å². The molecule has 0 aliphatic heterocycles. The number of esters is 3. The summed E-state index contributed by atoms with van der Waals surface area (Å²) in [6, 6.07) is 0. The van der Waals surface area contributed by atoms with Crippen LogP contribution in [0.25, 0.3) is 0 Å². The Kier molecular flexibility index (Phi) is 61.0. The largest absolute Gasteiger partial charge is 0.462 e. The normalized spacial score (nSPS) is 13.3. The van der Waals surface area contributed by atoms with Gasteiger partial charge in [-0.1, -0.05) is 255 Å². The van der Waals surface area contributed by atoms with E-state index >= 15 is 0 Å². The minimum Gasteiger partial charge on any atom is -0.462 e. The molecule has 0 radical (unpaired) electrons. The molecule has 0 spiro atoms. The van der Waals surface area contributed by atoms with Crippen LogP contribution in [0.2, 0.25) is 0 Å². The summed E-state index contributed by atoms with van der Waals surface area (Å²) in [5.74, 6) is -0.981. The van der Waals surface area contributed by atoms with E-state index < -0.39 is 6.10 Å². The van der Waals surface area contributed by atoms with Crippen LogP contribution in [0.5, 0.6) is 0 Å². The van der Waals surface area contributed by atoms with E-state index in [4.69, 9.17) is 14.2 Å². The molecule has 0 saturated heterocycles. The molecule has 0 aromatic carbocycles. The van der Waals surface area contributed by atoms with Crippen molar-refractivity contribution in [1.29, 1.82) is 0 Å². The molecule has 0 aliphatic carbocycles. The van der Waals surface area contributed by atoms with Crippen LogP contribution in [0.1, 0.15) is 252 Å². The van der Waals surface area contributed by atoms with Crippen LogP contribution in [0.15, 0.2) is 170 Å². The molecule has 442 valence electrons. The van der Waals surface area contributed by atoms with Crippen molar-refractivity contribution >= 4 is 17.9 Å². The average molecular weight is 1090 g/mol. The fourth-order valence-corrected chi connectivity index (χ4v) is 8.07. The van der Waals surface area contributed by atoms with E-state index in [-0.39, 0.29) is 37.5 Å². The Morgan fingerprint density at radius 1 is 0.253 bits per heavy atom. The lowest BCUT2D eigenvalue weighted by Gasteiger charge is -2.18. The van der Waals surface area contributed by atoms with Gasteiger partial charge in [0.25, 0.3) is 0 Å². The summed E-state index contributed by atoms with van der Waals surface area (Å²) in [4.78, 5) is 38.4. The van der Waals surface area contributed by atoms with E-state index in [1.54, 1.807) is 0 Å². The highest BCUT2D eigenvalue weighted by Crippen LogP contribution is 2.14. The van der Waals surface area contributed by atoms with Crippen molar-refractivity contribution in [3.05, 3.63) is 170 Å². The first-order chi connectivity index (χ1) is 39.0. The van der Waals surface area contributed by atoms with Gasteiger partial charge in [0.15, 0.2) is 6.10 Å². The fourth-order valence-electron chi connectivity index (χ4n) is 8.07. The van der Waals surface area contributed by atoms with Gasteiger partial charge in [0.2, 0.25) is 0 Å². The van der Waals surface area contributed by atoms with E-state index in [1.165, 1.54) is 51.4 Å². The van der Waals surface area contributed by atoms with Crippen molar-refractivity contribution < 1.29 is 28.6 Å². The van der Waals surface area contributed by atoms with Gasteiger partial charge in [0.05, 0.1) is 0 Å². The van der Waals surface area contributed by atoms with Gasteiger partial charge in [0.1, 0.15) is 13.2 Å². The maximum Gasteiger partial charge on any atom is 0.306 e. The van der Waals surface area contributed by atoms with E-state index in [9.17, 15) is 14.4 Å². The second kappa shape index (κ2) is 65.3. The molecule has 1 unspecified atom stereocenters. The first-order valence-corrected chi connectivity index (χ1v) is 31.6. The molecule has 0 aliphatic rings. The Bertz CT molecular complexity index is 1820. The number of unbranched alkanes of at least 4 members (excludes halogenated alkanes) is 16. The third kappa shape index (κ3) is 63.5. The summed E-state index contributed by atoms with van der Waals surface area (Å²) in [6.45, 7) is 6.24. The van der Waals surface area contributed by atoms with Gasteiger partial charge in [0, 0.05) is 19.3 Å². The quantitative estimate of drug-likeness (QED) is 0.0261. The lowest BCUT2D eigenvalue weighted by molar-refractivity contribution is -0.167. The van der Waals surface area contributed by atoms with Crippen LogP contribution in [-0.4, -0.2) is 37.2 Å². The zero-order chi connectivity index (χ0) is 57.1. The van der Waals surface area contributed by atoms with Crippen LogP contribution in [0, 0.1) is 0 Å². The van der Waals surface area contributed by atoms with Gasteiger partial charge in [-0.3, -0.25) is 14.4 Å². The van der Waals surface area contributed by atoms with Gasteiger partial charge in [-0.05, 0) is 148 Å². The van der Waals surface area contributed by atoms with Crippen LogP contribution in [0.4, 0.5) is 0 Å². The maximum absolute atomic E-state index is 12.9. The molecule has 0 aromatic rings. The fraction of sp³-hybridized carbons (Fsp3) is 0.575. The number of hydrogen-bond donors (Lipinski definition) is 0. The number of allylic oxidation sites excluding steroid dienone is 28. The van der Waals surface area contributed by atoms with Crippen LogP contribution in [-0.2, 0) is 28.6 Å². The Morgan fingerprint density at radius 2 is 0.456 bits per heavy atom. The van der Waals surface area contributed by atoms with E-state index in [2.05, 4.69) is 191 Å². The lowest BCUT2D eigenvalue weighted by Crippen LogP contribution is -2.30. The summed E-state index contributed by atoms with van der Waals surface area (Å²) < 4.78 is 16.9. The second-order valence-corrected chi connectivity index (χ2v) is 20.2. The summed E-state index contributed by atoms with van der Waals surface area (Å²) in [5.41, 5.74) is 0. The Labute approximate surface area is 485 Å². The first-order valence-electron chi connectivity index (χ1n) is 31.6. The molecule has 79 heavy (non-hydrogen) atoms. The Morgan fingerprint density at radius 3 is 0.734 bits per heavy atom. The molecular formula is C73H114O6. The molecule has 0 saturated carbocycles. The van der Waals surface area contributed by atoms with Crippen molar-refractivity contribution in [2.45, 2.75) is 258 Å². The second-order valence-electron chi connectivity index (χ2n) is 20.2. The number of carbonyl (C=O) groups excluding carboxylic acids is 3. The summed E-state index contributed by atoms with van der Waals surface area (Å²) >= 11 is 0. The molecule has 6 heteroatoms. The number of ether oxygens (including phenoxy) is 3. The van der Waals surface area contributed by atoms with Crippen molar-refractivity contribution in [1.82, 2.24) is 0 Å². The molecule has 1 atom stereocenters. The lowest BCUT2D eigenvalue weighted by atomic mass is 10.1. The van der Waals surface area contributed by atoms with Gasteiger partial charge < -0.3 is 14.2 Å². The van der Waals surface area contributed by atoms with Gasteiger partial charge >= 0.3 is 17.9 Å². The van der Waals surface area contributed by atoms with Crippen LogP contribution >= 0.6 is 0 Å². The summed E-state index contributed by atoms with van der Waals surface area (Å²) in [6.07, 6.45) is 96.3. The predicted molar refractivity (Wildman–Crippen MR) is 343 cm³/mol. The molecule has 0 N–H and O–H groups in total. The SMILES string of the molecule is CC/C=C\C/C=C\C/C=C\C/C=C\C/C=C\C/C=C\CCCCC(=O)OC(COC(=O)CCCCCCCCC/C=C\C/C=C\C/C=C\CC)COC(=O)CCCCCCCCC/C=C\C/C=C\C/C=C\C/C=C\C/C=C\CC. The minimum atomic E-state index is -0.822. The molecule has 0 aromatic heterocycles. The average Bonchev–Trinajstić information content (AvgIpc) is 3.45. The summed E-state index contributed by atoms with van der Waals surface area (Å²) in [5, 5.41) is 0. The van der Waals surface area contributed by atoms with Gasteiger partial charge in [-0.25, -0.2) is 0 Å². The van der Waals surface area contributed by atoms with E-state index in [0.29, 0.717) is 19.3 Å². The van der Waals surface area contributed by atoms with E-state index in [1.807, 2.05) is 0 Å². The third-order valence-electron chi connectivity index (χ3n) is 12.7. The van der Waals surface area contributed by atoms with Crippen molar-refractivity contribution in [3.8, 4) is 0 Å². The zero-order valence-corrected chi connectivity index (χ0v) is 50.6. The van der Waals surface area contributed by atoms with Crippen molar-refractivity contribution in [3.63, 3.8) is 0 Å². The van der Waals surface area contributed by atoms with Gasteiger partial charge in [-0.2, -0.15) is 0 Å². The highest BCUT2D eigenvalue weighted by molar-refractivity contribution is 5.71. The van der Waals surface area contributed by atoms with Crippen molar-refractivity contribution in [2.75, 3.05) is 13.2 Å². The first kappa shape index (κ1) is 73.8. The molecule has 0 bridgehead atoms. The van der Waals surface area contributed by atoms with Crippen LogP contribution < -0.4 is 0 Å². The highest BCUT2D eigenvalue weighted by atomic mass is 16.6. The molecule has 6 nitrogen and oxygen atoms in total. The number of carbonyl (C=O) groups is 3. The standard InChI is InChI=1S/C73H114O6/c1-4-7-10-13-16-19-22-25-28-31-33-35-36-38-39-42-45-48-51-54-57-60-63-66-72(75)78-69-70(68-77-71(74)65-62-59-56-53-50-47-44-41-30-27-24-21-18-15-12-9-6-3)79-73(76)67-64-61-58-55-52-49-46-43-40-37-34-32-29-26-23-20-17-14-11-8-5-2/h7-12,16-21,25-30,33-35,37-39,43,46,52,55,70H,4-6,13-15,22-24,31-32,36,40-42,44-45,47-51,53-54,56-69H2,1-3H3/b10-7-,11-8-,12-9-,19-16-,20-17-,21-18-,28-25-,29-26-,30-27-,35-33-,37-34-,39-38-,46-43-,55-52-. The summed E-state index contributed by atoms with van der Waals surface area (Å²) in [7, 11) is 0. The van der Waals surface area contributed by atoms with Gasteiger partial charge in [-0.15, -0.1) is 0 Å². The smallest absolute Gasteiger partial charge is 0.306 e. The van der Waals surface area contributed by atoms with E-state index in [0.717, 1.165) is 154 Å². The van der Waals surface area contributed by atoms with Crippen molar-refractivity contribution in [2.24, 2.45) is 0 Å². The molecule has 0 heterocycles. The molecule has 0 amide bonds. The molecular weight excluding hydrogens is 973 g/mol. The zero-order valence-electron chi connectivity index (χ0n) is 50.6. The topological polar surface area (TPSA) is 78.9 Å². The third-order valence-corrected chi connectivity index (χ3v) is 12.7. The Balaban J connectivity index is 4.53. The maximum atomic E-state index is 12.9. The number of hydrogen-bond acceptors (Lipinski definition) is 6. The molecule has 0 fully saturated rings. The highest BCUT2D eigenvalue weighted by Gasteiger charge is 2.19. The number of rotatable bonds is 55.